The number of rotatable bonds is 13. The Kier molecular flexibility index (Phi) is 13.5. The molecule has 0 spiro atoms. The van der Waals surface area contributed by atoms with Gasteiger partial charge in [0.05, 0.1) is 6.61 Å². The lowest BCUT2D eigenvalue weighted by Crippen LogP contribution is -2.30. The second kappa shape index (κ2) is 14.3. The molecule has 20 heavy (non-hydrogen) atoms. The molecule has 4 nitrogen and oxygen atoms in total. The van der Waals surface area contributed by atoms with Crippen LogP contribution >= 0.6 is 0 Å². The van der Waals surface area contributed by atoms with Crippen molar-refractivity contribution in [3.05, 3.63) is 24.3 Å². The Morgan fingerprint density at radius 1 is 1.25 bits per heavy atom. The zero-order valence-corrected chi connectivity index (χ0v) is 12.6. The number of carboxylic acids is 1. The number of allylic oxidation sites excluding steroid dienone is 3. The first-order chi connectivity index (χ1) is 9.70. The van der Waals surface area contributed by atoms with Gasteiger partial charge in [0.25, 0.3) is 0 Å². The molecule has 0 aliphatic rings. The molecule has 116 valence electrons. The molecule has 3 N–H and O–H groups in total. The Bertz CT molecular complexity index is 287. The lowest BCUT2D eigenvalue weighted by Gasteiger charge is -2.15. The summed E-state index contributed by atoms with van der Waals surface area (Å²) in [5.41, 5.74) is 0. The largest absolute Gasteiger partial charge is 0.481 e. The molecule has 0 aliphatic carbocycles. The Morgan fingerprint density at radius 2 is 2.00 bits per heavy atom. The van der Waals surface area contributed by atoms with Crippen LogP contribution in [0.3, 0.4) is 0 Å². The number of unbranched alkanes of at least 4 members (excludes halogenated alkanes) is 1. The highest BCUT2D eigenvalue weighted by Crippen LogP contribution is 2.03. The smallest absolute Gasteiger partial charge is 0.303 e. The molecule has 0 rings (SSSR count). The van der Waals surface area contributed by atoms with Crippen molar-refractivity contribution in [2.45, 2.75) is 57.9 Å². The van der Waals surface area contributed by atoms with Crippen LogP contribution in [-0.2, 0) is 4.79 Å². The fraction of sp³-hybridized carbons (Fsp3) is 0.688. The highest BCUT2D eigenvalue weighted by atomic mass is 16.4. The Hall–Kier alpha value is -1.13. The van der Waals surface area contributed by atoms with Crippen molar-refractivity contribution in [2.75, 3.05) is 13.2 Å². The molecule has 0 unspecified atom stereocenters. The average molecular weight is 283 g/mol. The Balaban J connectivity index is 3.65. The molecular formula is C16H29NO3. The topological polar surface area (TPSA) is 69.6 Å². The number of aliphatic hydroxyl groups is 1. The summed E-state index contributed by atoms with van der Waals surface area (Å²) in [7, 11) is 0. The summed E-state index contributed by atoms with van der Waals surface area (Å²) in [5.74, 6) is -0.726. The first kappa shape index (κ1) is 18.9. The minimum absolute atomic E-state index is 0.184. The van der Waals surface area contributed by atoms with Crippen LogP contribution < -0.4 is 5.32 Å². The van der Waals surface area contributed by atoms with Gasteiger partial charge in [0.2, 0.25) is 0 Å². The van der Waals surface area contributed by atoms with Gasteiger partial charge in [-0.1, -0.05) is 37.6 Å². The summed E-state index contributed by atoms with van der Waals surface area (Å²) in [6, 6.07) is 0.447. The number of nitrogens with one attached hydrogen (secondary N) is 1. The Labute approximate surface area is 122 Å². The van der Waals surface area contributed by atoms with Crippen LogP contribution in [-0.4, -0.2) is 35.4 Å². The van der Waals surface area contributed by atoms with Gasteiger partial charge < -0.3 is 15.5 Å². The van der Waals surface area contributed by atoms with Gasteiger partial charge >= 0.3 is 5.97 Å². The molecule has 0 saturated heterocycles. The summed E-state index contributed by atoms with van der Waals surface area (Å²) < 4.78 is 0. The monoisotopic (exact) mass is 283 g/mol. The van der Waals surface area contributed by atoms with Crippen LogP contribution in [0.2, 0.25) is 0 Å². The average Bonchev–Trinajstić information content (AvgIpc) is 2.42. The summed E-state index contributed by atoms with van der Waals surface area (Å²) >= 11 is 0. The van der Waals surface area contributed by atoms with Crippen LogP contribution in [0.1, 0.15) is 51.9 Å². The van der Waals surface area contributed by atoms with E-state index in [9.17, 15) is 4.79 Å². The molecule has 0 aliphatic heterocycles. The Morgan fingerprint density at radius 3 is 2.65 bits per heavy atom. The maximum absolute atomic E-state index is 10.3. The third kappa shape index (κ3) is 13.3. The first-order valence-electron chi connectivity index (χ1n) is 7.56. The van der Waals surface area contributed by atoms with Gasteiger partial charge in [0.15, 0.2) is 0 Å². The van der Waals surface area contributed by atoms with E-state index in [-0.39, 0.29) is 13.0 Å². The summed E-state index contributed by atoms with van der Waals surface area (Å²) in [6.07, 6.45) is 14.4. The molecule has 0 radical (unpaired) electrons. The van der Waals surface area contributed by atoms with Gasteiger partial charge in [0, 0.05) is 19.0 Å². The molecule has 0 bridgehead atoms. The minimum atomic E-state index is -0.726. The maximum Gasteiger partial charge on any atom is 0.303 e. The van der Waals surface area contributed by atoms with Crippen molar-refractivity contribution in [3.63, 3.8) is 0 Å². The van der Waals surface area contributed by atoms with Gasteiger partial charge in [-0.25, -0.2) is 0 Å². The van der Waals surface area contributed by atoms with E-state index < -0.39 is 5.97 Å². The normalized spacial score (nSPS) is 13.3. The number of aliphatic carboxylic acids is 1. The maximum atomic E-state index is 10.3. The van der Waals surface area contributed by atoms with E-state index in [0.717, 1.165) is 32.1 Å². The van der Waals surface area contributed by atoms with Crippen molar-refractivity contribution in [2.24, 2.45) is 0 Å². The number of carboxylic acid groups (broad SMARTS) is 1. The lowest BCUT2D eigenvalue weighted by atomic mass is 10.1. The fourth-order valence-electron chi connectivity index (χ4n) is 1.94. The first-order valence-corrected chi connectivity index (χ1v) is 7.56. The molecule has 0 heterocycles. The van der Waals surface area contributed by atoms with Crippen LogP contribution in [0.5, 0.6) is 0 Å². The second-order valence-electron chi connectivity index (χ2n) is 4.86. The predicted octanol–water partition coefficient (Wildman–Crippen LogP) is 2.88. The highest BCUT2D eigenvalue weighted by molar-refractivity contribution is 5.66. The van der Waals surface area contributed by atoms with E-state index in [1.807, 2.05) is 6.08 Å². The standard InChI is InChI=1S/C16H29NO3/c1-2-10-15(17-13-14-18)11-8-6-4-3-5-7-9-12-16(19)20/h3,5-6,8,15,17-18H,2,4,7,9-14H2,1H3,(H,19,20)/b5-3-,8-6-/t15-/m0/s1. The second-order valence-corrected chi connectivity index (χ2v) is 4.86. The molecule has 1 atom stereocenters. The van der Waals surface area contributed by atoms with Crippen molar-refractivity contribution in [1.82, 2.24) is 5.32 Å². The minimum Gasteiger partial charge on any atom is -0.481 e. The van der Waals surface area contributed by atoms with Crippen LogP contribution in [0.4, 0.5) is 0 Å². The van der Waals surface area contributed by atoms with Gasteiger partial charge in [-0.2, -0.15) is 0 Å². The third-order valence-electron chi connectivity index (χ3n) is 2.97. The zero-order valence-electron chi connectivity index (χ0n) is 12.6. The van der Waals surface area contributed by atoms with E-state index in [1.54, 1.807) is 0 Å². The van der Waals surface area contributed by atoms with Gasteiger partial charge in [-0.05, 0) is 32.1 Å². The van der Waals surface area contributed by atoms with Crippen LogP contribution in [0.25, 0.3) is 0 Å². The summed E-state index contributed by atoms with van der Waals surface area (Å²) in [4.78, 5) is 10.3. The molecular weight excluding hydrogens is 254 g/mol. The molecule has 0 amide bonds. The summed E-state index contributed by atoms with van der Waals surface area (Å²) in [5, 5.41) is 20.6. The molecule has 0 aromatic heterocycles. The molecule has 0 aromatic rings. The number of hydrogen-bond acceptors (Lipinski definition) is 3. The van der Waals surface area contributed by atoms with Gasteiger partial charge in [0.1, 0.15) is 0 Å². The summed E-state index contributed by atoms with van der Waals surface area (Å²) in [6.45, 7) is 3.00. The number of carbonyl (C=O) groups is 1. The van der Waals surface area contributed by atoms with E-state index in [2.05, 4.69) is 30.5 Å². The molecule has 0 fully saturated rings. The van der Waals surface area contributed by atoms with E-state index in [0.29, 0.717) is 19.0 Å². The number of aliphatic hydroxyl groups excluding tert-OH is 1. The van der Waals surface area contributed by atoms with Crippen molar-refractivity contribution >= 4 is 5.97 Å². The van der Waals surface area contributed by atoms with Crippen LogP contribution in [0.15, 0.2) is 24.3 Å². The SMILES string of the molecule is CCC[C@@H](C/C=C\C/C=C\CCCC(=O)O)NCCO. The quantitative estimate of drug-likeness (QED) is 0.359. The van der Waals surface area contributed by atoms with Crippen molar-refractivity contribution < 1.29 is 15.0 Å². The van der Waals surface area contributed by atoms with E-state index in [1.165, 1.54) is 0 Å². The molecule has 0 saturated carbocycles. The van der Waals surface area contributed by atoms with E-state index >= 15 is 0 Å². The predicted molar refractivity (Wildman–Crippen MR) is 82.8 cm³/mol. The molecule has 0 aromatic carbocycles. The highest BCUT2D eigenvalue weighted by Gasteiger charge is 2.03. The van der Waals surface area contributed by atoms with Gasteiger partial charge in [-0.15, -0.1) is 0 Å². The zero-order chi connectivity index (χ0) is 15.1. The van der Waals surface area contributed by atoms with Gasteiger partial charge in [-0.3, -0.25) is 4.79 Å². The lowest BCUT2D eigenvalue weighted by molar-refractivity contribution is -0.137. The van der Waals surface area contributed by atoms with Crippen LogP contribution in [0, 0.1) is 0 Å². The third-order valence-corrected chi connectivity index (χ3v) is 2.97. The van der Waals surface area contributed by atoms with Crippen molar-refractivity contribution in [3.8, 4) is 0 Å². The van der Waals surface area contributed by atoms with E-state index in [4.69, 9.17) is 10.2 Å². The fourth-order valence-corrected chi connectivity index (χ4v) is 1.94. The number of hydrogen-bond donors (Lipinski definition) is 3. The van der Waals surface area contributed by atoms with Crippen molar-refractivity contribution in [1.29, 1.82) is 0 Å². The molecule has 4 heteroatoms.